The number of anilines is 1. The van der Waals surface area contributed by atoms with Gasteiger partial charge in [-0.1, -0.05) is 37.5 Å². The maximum absolute atomic E-state index is 5.90. The van der Waals surface area contributed by atoms with Crippen molar-refractivity contribution in [3.05, 3.63) is 58.0 Å². The molecule has 170 valence electrons. The number of unbranched alkanes of at least 4 members (excludes halogenated alkanes) is 2. The molecule has 0 amide bonds. The molecule has 5 nitrogen and oxygen atoms in total. The molecule has 3 rings (SSSR count). The molecule has 0 aliphatic rings. The van der Waals surface area contributed by atoms with E-state index in [-0.39, 0.29) is 0 Å². The summed E-state index contributed by atoms with van der Waals surface area (Å²) < 4.78 is 11.7. The normalized spacial score (nSPS) is 11.2. The maximum Gasteiger partial charge on any atom is 0.203 e. The van der Waals surface area contributed by atoms with Crippen molar-refractivity contribution < 1.29 is 9.47 Å². The molecule has 6 heteroatoms. The first kappa shape index (κ1) is 23.8. The van der Waals surface area contributed by atoms with Gasteiger partial charge in [0.25, 0.3) is 0 Å². The third-order valence-electron chi connectivity index (χ3n) is 5.08. The molecule has 0 radical (unpaired) electrons. The minimum atomic E-state index is 0.587. The number of rotatable bonds is 11. The lowest BCUT2D eigenvalue weighted by molar-refractivity contribution is 0.271. The predicted octanol–water partition coefficient (Wildman–Crippen LogP) is 7.15. The van der Waals surface area contributed by atoms with Gasteiger partial charge in [-0.2, -0.15) is 5.10 Å². The molecule has 0 atom stereocenters. The van der Waals surface area contributed by atoms with E-state index >= 15 is 0 Å². The summed E-state index contributed by atoms with van der Waals surface area (Å²) in [6, 6.07) is 10.3. The Kier molecular flexibility index (Phi) is 8.68. The first-order valence-corrected chi connectivity index (χ1v) is 12.1. The van der Waals surface area contributed by atoms with Crippen LogP contribution in [-0.2, 0) is 0 Å². The van der Waals surface area contributed by atoms with Gasteiger partial charge >= 0.3 is 0 Å². The Balaban J connectivity index is 1.67. The monoisotopic (exact) mass is 451 g/mol. The van der Waals surface area contributed by atoms with Crippen LogP contribution >= 0.6 is 11.3 Å². The summed E-state index contributed by atoms with van der Waals surface area (Å²) in [5, 5.41) is 7.20. The van der Waals surface area contributed by atoms with Gasteiger partial charge in [0, 0.05) is 10.9 Å². The van der Waals surface area contributed by atoms with Crippen molar-refractivity contribution in [1.29, 1.82) is 0 Å². The molecule has 1 aromatic heterocycles. The standard InChI is InChI=1S/C26H33N3O2S/c1-6-8-9-12-31-23-11-10-21(15-24(23)30-7-2)16-27-29-26-28-22(17-32-26)25-19(4)13-18(3)14-20(25)5/h10-11,13-17H,6-9,12H2,1-5H3,(H,28,29)/b27-16-. The summed E-state index contributed by atoms with van der Waals surface area (Å²) in [7, 11) is 0. The highest BCUT2D eigenvalue weighted by atomic mass is 32.1. The van der Waals surface area contributed by atoms with Crippen LogP contribution in [0.2, 0.25) is 0 Å². The van der Waals surface area contributed by atoms with Crippen LogP contribution in [0.3, 0.4) is 0 Å². The smallest absolute Gasteiger partial charge is 0.203 e. The van der Waals surface area contributed by atoms with Crippen LogP contribution in [-0.4, -0.2) is 24.4 Å². The Hall–Kier alpha value is -2.86. The number of nitrogens with zero attached hydrogens (tertiary/aromatic N) is 2. The Morgan fingerprint density at radius 3 is 2.50 bits per heavy atom. The minimum absolute atomic E-state index is 0.587. The minimum Gasteiger partial charge on any atom is -0.490 e. The van der Waals surface area contributed by atoms with Crippen LogP contribution < -0.4 is 14.9 Å². The molecule has 3 aromatic rings. The molecule has 0 fully saturated rings. The van der Waals surface area contributed by atoms with E-state index in [9.17, 15) is 0 Å². The summed E-state index contributed by atoms with van der Waals surface area (Å²) in [6.45, 7) is 11.8. The second-order valence-electron chi connectivity index (χ2n) is 7.88. The van der Waals surface area contributed by atoms with Crippen molar-refractivity contribution in [2.45, 2.75) is 53.9 Å². The number of ether oxygens (including phenoxy) is 2. The first-order chi connectivity index (χ1) is 15.5. The van der Waals surface area contributed by atoms with Crippen LogP contribution in [0.5, 0.6) is 11.5 Å². The van der Waals surface area contributed by atoms with Crippen LogP contribution in [0.15, 0.2) is 40.8 Å². The third-order valence-corrected chi connectivity index (χ3v) is 5.83. The summed E-state index contributed by atoms with van der Waals surface area (Å²) in [5.74, 6) is 1.52. The van der Waals surface area contributed by atoms with Crippen molar-refractivity contribution in [3.63, 3.8) is 0 Å². The fourth-order valence-corrected chi connectivity index (χ4v) is 4.36. The topological polar surface area (TPSA) is 55.7 Å². The molecule has 0 spiro atoms. The number of aryl methyl sites for hydroxylation is 3. The van der Waals surface area contributed by atoms with Crippen molar-refractivity contribution in [3.8, 4) is 22.8 Å². The zero-order chi connectivity index (χ0) is 22.9. The number of hydrogen-bond acceptors (Lipinski definition) is 6. The summed E-state index contributed by atoms with van der Waals surface area (Å²) >= 11 is 1.55. The Labute approximate surface area is 195 Å². The quantitative estimate of drug-likeness (QED) is 0.191. The van der Waals surface area contributed by atoms with Crippen LogP contribution in [0.1, 0.15) is 55.4 Å². The second-order valence-corrected chi connectivity index (χ2v) is 8.73. The van der Waals surface area contributed by atoms with Crippen molar-refractivity contribution in [2.24, 2.45) is 5.10 Å². The Morgan fingerprint density at radius 2 is 1.78 bits per heavy atom. The lowest BCUT2D eigenvalue weighted by Crippen LogP contribution is -2.01. The van der Waals surface area contributed by atoms with Gasteiger partial charge < -0.3 is 9.47 Å². The predicted molar refractivity (Wildman–Crippen MR) is 136 cm³/mol. The Bertz CT molecular complexity index is 1040. The van der Waals surface area contributed by atoms with E-state index in [0.717, 1.165) is 34.3 Å². The summed E-state index contributed by atoms with van der Waals surface area (Å²) in [5.41, 5.74) is 9.91. The van der Waals surface area contributed by atoms with Gasteiger partial charge in [-0.3, -0.25) is 5.43 Å². The van der Waals surface area contributed by atoms with E-state index in [4.69, 9.17) is 14.5 Å². The molecule has 1 heterocycles. The molecular weight excluding hydrogens is 418 g/mol. The number of hydrazone groups is 1. The van der Waals surface area contributed by atoms with Gasteiger partial charge in [-0.15, -0.1) is 11.3 Å². The van der Waals surface area contributed by atoms with Gasteiger partial charge in [-0.05, 0) is 69.0 Å². The molecule has 0 aliphatic carbocycles. The number of thiazole rings is 1. The largest absolute Gasteiger partial charge is 0.490 e. The van der Waals surface area contributed by atoms with E-state index in [1.165, 1.54) is 35.1 Å². The SMILES string of the molecule is CCCCCOc1ccc(/C=N\Nc2nc(-c3c(C)cc(C)cc3C)cs2)cc1OCC. The van der Waals surface area contributed by atoms with Crippen molar-refractivity contribution >= 4 is 22.7 Å². The van der Waals surface area contributed by atoms with Gasteiger partial charge in [0.2, 0.25) is 5.13 Å². The van der Waals surface area contributed by atoms with E-state index in [1.807, 2.05) is 25.1 Å². The molecule has 0 saturated carbocycles. The highest BCUT2D eigenvalue weighted by Crippen LogP contribution is 2.31. The zero-order valence-corrected chi connectivity index (χ0v) is 20.5. The average molecular weight is 452 g/mol. The number of nitrogens with one attached hydrogen (secondary N) is 1. The van der Waals surface area contributed by atoms with Crippen molar-refractivity contribution in [1.82, 2.24) is 4.98 Å². The molecule has 0 bridgehead atoms. The zero-order valence-electron chi connectivity index (χ0n) is 19.7. The van der Waals surface area contributed by atoms with Gasteiger partial charge in [-0.25, -0.2) is 4.98 Å². The molecular formula is C26H33N3O2S. The molecule has 2 aromatic carbocycles. The number of hydrogen-bond donors (Lipinski definition) is 1. The fourth-order valence-electron chi connectivity index (χ4n) is 3.71. The van der Waals surface area contributed by atoms with Gasteiger partial charge in [0.15, 0.2) is 11.5 Å². The third kappa shape index (κ3) is 6.33. The lowest BCUT2D eigenvalue weighted by atomic mass is 9.98. The van der Waals surface area contributed by atoms with Crippen LogP contribution in [0, 0.1) is 20.8 Å². The fraction of sp³-hybridized carbons (Fsp3) is 0.385. The van der Waals surface area contributed by atoms with Crippen molar-refractivity contribution in [2.75, 3.05) is 18.6 Å². The highest BCUT2D eigenvalue weighted by molar-refractivity contribution is 7.14. The molecule has 0 aliphatic heterocycles. The first-order valence-electron chi connectivity index (χ1n) is 11.2. The van der Waals surface area contributed by atoms with E-state index < -0.39 is 0 Å². The molecule has 32 heavy (non-hydrogen) atoms. The summed E-state index contributed by atoms with van der Waals surface area (Å²) in [6.07, 6.45) is 5.16. The summed E-state index contributed by atoms with van der Waals surface area (Å²) in [4.78, 5) is 4.72. The van der Waals surface area contributed by atoms with Crippen LogP contribution in [0.25, 0.3) is 11.3 Å². The number of benzene rings is 2. The second kappa shape index (κ2) is 11.7. The lowest BCUT2D eigenvalue weighted by Gasteiger charge is -2.12. The highest BCUT2D eigenvalue weighted by Gasteiger charge is 2.11. The van der Waals surface area contributed by atoms with Gasteiger partial charge in [0.05, 0.1) is 25.1 Å². The molecule has 1 N–H and O–H groups in total. The number of aromatic nitrogens is 1. The molecule has 0 unspecified atom stereocenters. The van der Waals surface area contributed by atoms with Gasteiger partial charge in [0.1, 0.15) is 0 Å². The van der Waals surface area contributed by atoms with E-state index in [1.54, 1.807) is 17.6 Å². The van der Waals surface area contributed by atoms with E-state index in [2.05, 4.69) is 55.7 Å². The maximum atomic E-state index is 5.90. The molecule has 0 saturated heterocycles. The average Bonchev–Trinajstić information content (AvgIpc) is 3.20. The Morgan fingerprint density at radius 1 is 1.00 bits per heavy atom. The van der Waals surface area contributed by atoms with E-state index in [0.29, 0.717) is 13.2 Å². The van der Waals surface area contributed by atoms with Crippen LogP contribution in [0.4, 0.5) is 5.13 Å².